The van der Waals surface area contributed by atoms with Crippen molar-refractivity contribution in [2.45, 2.75) is 58.2 Å². The molecule has 0 unspecified atom stereocenters. The van der Waals surface area contributed by atoms with Gasteiger partial charge in [0.05, 0.1) is 17.6 Å². The fourth-order valence-electron chi connectivity index (χ4n) is 9.03. The third-order valence-corrected chi connectivity index (χ3v) is 11.5. The van der Waals surface area contributed by atoms with Crippen molar-refractivity contribution in [3.8, 4) is 5.69 Å². The summed E-state index contributed by atoms with van der Waals surface area (Å²) >= 11 is 0. The first-order valence-electron chi connectivity index (χ1n) is 18.6. The predicted octanol–water partition coefficient (Wildman–Crippen LogP) is 10.7. The van der Waals surface area contributed by atoms with Crippen molar-refractivity contribution >= 4 is 54.5 Å². The Morgan fingerprint density at radius 1 is 0.451 bits per heavy atom. The van der Waals surface area contributed by atoms with Crippen LogP contribution in [0.2, 0.25) is 0 Å². The van der Waals surface area contributed by atoms with Gasteiger partial charge in [0, 0.05) is 68.0 Å². The highest BCUT2D eigenvalue weighted by atomic mass is 16.3. The van der Waals surface area contributed by atoms with Crippen molar-refractivity contribution in [2.24, 2.45) is 0 Å². The van der Waals surface area contributed by atoms with Gasteiger partial charge in [0.15, 0.2) is 0 Å². The van der Waals surface area contributed by atoms with Gasteiger partial charge < -0.3 is 18.8 Å². The molecule has 4 heteroatoms. The Hall–Kier alpha value is -5.58. The summed E-state index contributed by atoms with van der Waals surface area (Å²) in [4.78, 5) is 0. The van der Waals surface area contributed by atoms with Gasteiger partial charge in [0.25, 0.3) is 0 Å². The molecule has 0 saturated heterocycles. The van der Waals surface area contributed by atoms with E-state index in [9.17, 15) is 5.11 Å². The van der Waals surface area contributed by atoms with Crippen molar-refractivity contribution in [1.29, 1.82) is 0 Å². The lowest BCUT2D eigenvalue weighted by Crippen LogP contribution is -2.10. The molecule has 0 bridgehead atoms. The third-order valence-electron chi connectivity index (χ3n) is 11.5. The Labute approximate surface area is 297 Å². The molecule has 0 amide bonds. The van der Waals surface area contributed by atoms with Crippen LogP contribution in [0.1, 0.15) is 40.8 Å². The van der Waals surface area contributed by atoms with Crippen molar-refractivity contribution < 1.29 is 5.11 Å². The van der Waals surface area contributed by atoms with Crippen LogP contribution in [-0.2, 0) is 45.4 Å². The van der Waals surface area contributed by atoms with Crippen molar-refractivity contribution in [2.75, 3.05) is 0 Å². The number of aliphatic hydroxyl groups is 1. The number of aryl methyl sites for hydroxylation is 5. The summed E-state index contributed by atoms with van der Waals surface area (Å²) in [6.45, 7) is 1.96. The van der Waals surface area contributed by atoms with Gasteiger partial charge in [-0.15, -0.1) is 0 Å². The highest BCUT2D eigenvalue weighted by molar-refractivity contribution is 6.10. The maximum atomic E-state index is 9.73. The fourth-order valence-corrected chi connectivity index (χ4v) is 9.03. The average molecular weight is 664 g/mol. The van der Waals surface area contributed by atoms with E-state index in [-0.39, 0.29) is 6.61 Å². The number of nitrogens with zero attached hydrogens (tertiary/aromatic N) is 3. The van der Waals surface area contributed by atoms with E-state index in [0.717, 1.165) is 37.2 Å². The zero-order chi connectivity index (χ0) is 33.9. The van der Waals surface area contributed by atoms with Gasteiger partial charge in [0.1, 0.15) is 0 Å². The van der Waals surface area contributed by atoms with Gasteiger partial charge in [-0.3, -0.25) is 0 Å². The van der Waals surface area contributed by atoms with Crippen molar-refractivity contribution in [3.05, 3.63) is 161 Å². The number of hydrogen-bond acceptors (Lipinski definition) is 1. The Morgan fingerprint density at radius 2 is 0.961 bits per heavy atom. The van der Waals surface area contributed by atoms with E-state index in [2.05, 4.69) is 135 Å². The van der Waals surface area contributed by atoms with E-state index in [1.807, 2.05) is 12.1 Å². The van der Waals surface area contributed by atoms with Gasteiger partial charge in [-0.2, -0.15) is 0 Å². The zero-order valence-electron chi connectivity index (χ0n) is 28.9. The second kappa shape index (κ2) is 12.3. The number of para-hydroxylation sites is 3. The van der Waals surface area contributed by atoms with Gasteiger partial charge in [-0.25, -0.2) is 0 Å². The van der Waals surface area contributed by atoms with Crippen LogP contribution in [0.5, 0.6) is 0 Å². The molecule has 1 aliphatic rings. The highest BCUT2D eigenvalue weighted by Crippen LogP contribution is 2.36. The second-order valence-corrected chi connectivity index (χ2v) is 14.4. The molecule has 0 atom stereocenters. The van der Waals surface area contributed by atoms with E-state index < -0.39 is 0 Å². The van der Waals surface area contributed by atoms with Gasteiger partial charge in [-0.1, -0.05) is 78.9 Å². The number of aromatic nitrogens is 3. The summed E-state index contributed by atoms with van der Waals surface area (Å²) in [5.41, 5.74) is 14.3. The molecule has 0 spiro atoms. The molecule has 9 aromatic rings. The van der Waals surface area contributed by atoms with Crippen LogP contribution >= 0.6 is 0 Å². The lowest BCUT2D eigenvalue weighted by Gasteiger charge is -2.16. The van der Waals surface area contributed by atoms with Gasteiger partial charge in [0.2, 0.25) is 0 Å². The largest absolute Gasteiger partial charge is 0.392 e. The van der Waals surface area contributed by atoms with E-state index in [4.69, 9.17) is 0 Å². The molecule has 1 aliphatic carbocycles. The summed E-state index contributed by atoms with van der Waals surface area (Å²) in [6.07, 6.45) is 6.91. The molecule has 3 aromatic heterocycles. The number of hydrogen-bond donors (Lipinski definition) is 1. The maximum absolute atomic E-state index is 9.73. The van der Waals surface area contributed by atoms with Gasteiger partial charge >= 0.3 is 0 Å². The topological polar surface area (TPSA) is 35.0 Å². The van der Waals surface area contributed by atoms with E-state index >= 15 is 0 Å². The van der Waals surface area contributed by atoms with Crippen LogP contribution in [-0.4, -0.2) is 18.8 Å². The van der Waals surface area contributed by atoms with Crippen LogP contribution in [0.25, 0.3) is 60.2 Å². The van der Waals surface area contributed by atoms with Crippen LogP contribution in [0.15, 0.2) is 133 Å². The molecule has 4 nitrogen and oxygen atoms in total. The van der Waals surface area contributed by atoms with Crippen LogP contribution in [0.4, 0.5) is 0 Å². The number of aliphatic hydroxyl groups excluding tert-OH is 1. The number of fused-ring (bicyclic) bond motifs is 9. The summed E-state index contributed by atoms with van der Waals surface area (Å²) in [5.74, 6) is 0. The van der Waals surface area contributed by atoms with Gasteiger partial charge in [-0.05, 0) is 115 Å². The molecule has 3 heterocycles. The molecule has 0 fully saturated rings. The van der Waals surface area contributed by atoms with E-state index in [1.165, 1.54) is 91.3 Å². The first-order chi connectivity index (χ1) is 25.2. The van der Waals surface area contributed by atoms with Crippen LogP contribution < -0.4 is 0 Å². The van der Waals surface area contributed by atoms with Crippen molar-refractivity contribution in [1.82, 2.24) is 13.7 Å². The standard InChI is InChI=1S/C47H41N3O/c51-31-34-17-21-35(22-18-34)50-46-23-19-32(25-27-48-42-13-5-1-9-36(42)37-10-2-6-14-43(37)48)29-40(46)41-30-33(20-24-47(41)50)26-28-49-44-15-7-3-11-38(44)39-12-4-8-16-45(39)49/h1-3,5-7,9-11,13-15,17-24,29-30,51H,4,8,12,16,25-28,31H2. The first-order valence-corrected chi connectivity index (χ1v) is 18.6. The average Bonchev–Trinajstić information content (AvgIpc) is 3.81. The van der Waals surface area contributed by atoms with Crippen molar-refractivity contribution in [3.63, 3.8) is 0 Å². The van der Waals surface area contributed by atoms with E-state index in [1.54, 1.807) is 11.3 Å². The van der Waals surface area contributed by atoms with E-state index in [0.29, 0.717) is 0 Å². The quantitative estimate of drug-likeness (QED) is 0.173. The molecule has 6 aromatic carbocycles. The Bertz CT molecular complexity index is 2690. The third kappa shape index (κ3) is 5.00. The Kier molecular flexibility index (Phi) is 7.31. The number of rotatable bonds is 8. The first kappa shape index (κ1) is 30.3. The molecular formula is C47H41N3O. The van der Waals surface area contributed by atoms with Crippen LogP contribution in [0.3, 0.4) is 0 Å². The normalized spacial score (nSPS) is 13.3. The molecule has 1 N–H and O–H groups in total. The minimum Gasteiger partial charge on any atom is -0.392 e. The maximum Gasteiger partial charge on any atom is 0.0681 e. The lowest BCUT2D eigenvalue weighted by molar-refractivity contribution is 0.282. The predicted molar refractivity (Wildman–Crippen MR) is 212 cm³/mol. The summed E-state index contributed by atoms with van der Waals surface area (Å²) in [5, 5.41) is 16.4. The second-order valence-electron chi connectivity index (χ2n) is 14.4. The fraction of sp³-hybridized carbons (Fsp3) is 0.191. The zero-order valence-corrected chi connectivity index (χ0v) is 28.9. The Morgan fingerprint density at radius 3 is 1.57 bits per heavy atom. The summed E-state index contributed by atoms with van der Waals surface area (Å²) in [7, 11) is 0. The van der Waals surface area contributed by atoms with Crippen LogP contribution in [0, 0.1) is 0 Å². The highest BCUT2D eigenvalue weighted by Gasteiger charge is 2.20. The minimum atomic E-state index is 0.0476. The summed E-state index contributed by atoms with van der Waals surface area (Å²) < 4.78 is 7.50. The molecule has 0 saturated carbocycles. The summed E-state index contributed by atoms with van der Waals surface area (Å²) in [6, 6.07) is 49.1. The monoisotopic (exact) mass is 663 g/mol. The Balaban J connectivity index is 1.05. The molecular weight excluding hydrogens is 623 g/mol. The molecule has 0 aliphatic heterocycles. The SMILES string of the molecule is OCc1ccc(-n2c3ccc(CCn4c5c(c6ccccc64)CCCC5)cc3c3cc(CCn4c5ccccc5c5ccccc54)ccc32)cc1. The lowest BCUT2D eigenvalue weighted by atomic mass is 9.95. The molecule has 0 radical (unpaired) electrons. The molecule has 10 rings (SSSR count). The molecule has 250 valence electrons. The molecule has 51 heavy (non-hydrogen) atoms. The number of benzene rings is 6. The minimum absolute atomic E-state index is 0.0476. The smallest absolute Gasteiger partial charge is 0.0681 e.